The van der Waals surface area contributed by atoms with Gasteiger partial charge in [0.25, 0.3) is 0 Å². The third-order valence-electron chi connectivity index (χ3n) is 3.35. The average molecular weight is 373 g/mol. The fraction of sp³-hybridized carbons (Fsp3) is 0.0588. The van der Waals surface area contributed by atoms with Crippen molar-refractivity contribution < 1.29 is 14.1 Å². The van der Waals surface area contributed by atoms with E-state index < -0.39 is 10.8 Å². The van der Waals surface area contributed by atoms with Crippen molar-refractivity contribution in [3.63, 3.8) is 0 Å². The molecule has 1 aromatic carbocycles. The maximum Gasteiger partial charge on any atom is 0.433 e. The Kier molecular flexibility index (Phi) is 5.14. The molecule has 0 aliphatic rings. The number of carbonyl (C=O) groups excluding carboxylic acids is 1. The number of nitrogens with one attached hydrogen (secondary N) is 1. The van der Waals surface area contributed by atoms with Gasteiger partial charge in [-0.2, -0.15) is 5.10 Å². The monoisotopic (exact) mass is 372 g/mol. The minimum absolute atomic E-state index is 0.213. The van der Waals surface area contributed by atoms with Gasteiger partial charge in [-0.1, -0.05) is 23.7 Å². The predicted octanol–water partition coefficient (Wildman–Crippen LogP) is 3.74. The summed E-state index contributed by atoms with van der Waals surface area (Å²) >= 11 is 5.85. The third-order valence-corrected chi connectivity index (χ3v) is 3.60. The van der Waals surface area contributed by atoms with Crippen LogP contribution in [-0.2, 0) is 11.3 Å². The molecule has 3 rings (SSSR count). The maximum atomic E-state index is 11.9. The Labute approximate surface area is 152 Å². The van der Waals surface area contributed by atoms with Crippen molar-refractivity contribution in [2.75, 3.05) is 5.32 Å². The van der Waals surface area contributed by atoms with E-state index in [1.807, 2.05) is 12.1 Å². The molecule has 0 aliphatic heterocycles. The second-order valence-electron chi connectivity index (χ2n) is 5.31. The van der Waals surface area contributed by atoms with Gasteiger partial charge in [-0.15, -0.1) is 0 Å². The normalized spacial score (nSPS) is 11.0. The smallest absolute Gasteiger partial charge is 0.401 e. The van der Waals surface area contributed by atoms with Gasteiger partial charge in [0.1, 0.15) is 10.7 Å². The quantitative estimate of drug-likeness (QED) is 0.403. The first kappa shape index (κ1) is 17.4. The second-order valence-corrected chi connectivity index (χ2v) is 5.75. The molecule has 0 aliphatic carbocycles. The fourth-order valence-electron chi connectivity index (χ4n) is 2.16. The molecule has 1 amide bonds. The first-order valence-electron chi connectivity index (χ1n) is 7.50. The Morgan fingerprint density at radius 1 is 1.31 bits per heavy atom. The molecule has 0 atom stereocenters. The lowest BCUT2D eigenvalue weighted by Gasteiger charge is -2.01. The van der Waals surface area contributed by atoms with Crippen molar-refractivity contribution >= 4 is 35.2 Å². The molecule has 1 N–H and O–H groups in total. The number of aromatic nitrogens is 2. The Morgan fingerprint density at radius 2 is 2.08 bits per heavy atom. The number of nitrogens with zero attached hydrogens (tertiary/aromatic N) is 3. The summed E-state index contributed by atoms with van der Waals surface area (Å²) in [5.41, 5.74) is 1.55. The molecule has 2 heterocycles. The zero-order chi connectivity index (χ0) is 18.5. The number of anilines is 1. The highest BCUT2D eigenvalue weighted by Gasteiger charge is 2.10. The molecule has 3 aromatic rings. The van der Waals surface area contributed by atoms with E-state index in [1.165, 1.54) is 30.5 Å². The highest BCUT2D eigenvalue weighted by molar-refractivity contribution is 6.30. The summed E-state index contributed by atoms with van der Waals surface area (Å²) < 4.78 is 6.61. The summed E-state index contributed by atoms with van der Waals surface area (Å²) in [6, 6.07) is 10.0. The number of rotatable bonds is 6. The number of benzene rings is 1. The molecule has 0 fully saturated rings. The van der Waals surface area contributed by atoms with E-state index in [4.69, 9.17) is 16.0 Å². The van der Waals surface area contributed by atoms with Gasteiger partial charge in [-0.3, -0.25) is 19.6 Å². The average Bonchev–Trinajstić information content (AvgIpc) is 3.25. The lowest BCUT2D eigenvalue weighted by molar-refractivity contribution is -0.402. The van der Waals surface area contributed by atoms with Crippen LogP contribution in [0.1, 0.15) is 11.3 Å². The maximum absolute atomic E-state index is 11.9. The standard InChI is InChI=1S/C17H13ClN4O4/c18-13-3-1-12(2-4-13)10-21-11-14(9-19-21)20-16(23)7-5-15-6-8-17(26-15)22(24)25/h1-9,11H,10H2,(H,20,23)/b7-5+. The Bertz CT molecular complexity index is 959. The number of nitro groups is 1. The number of hydrogen-bond donors (Lipinski definition) is 1. The van der Waals surface area contributed by atoms with Gasteiger partial charge in [-0.25, -0.2) is 0 Å². The molecular formula is C17H13ClN4O4. The lowest BCUT2D eigenvalue weighted by atomic mass is 10.2. The molecule has 2 aromatic heterocycles. The second kappa shape index (κ2) is 7.66. The van der Waals surface area contributed by atoms with Crippen LogP contribution in [-0.4, -0.2) is 20.6 Å². The third kappa shape index (κ3) is 4.58. The van der Waals surface area contributed by atoms with E-state index in [0.29, 0.717) is 17.3 Å². The number of furan rings is 1. The van der Waals surface area contributed by atoms with Crippen molar-refractivity contribution in [1.82, 2.24) is 9.78 Å². The summed E-state index contributed by atoms with van der Waals surface area (Å²) in [7, 11) is 0. The van der Waals surface area contributed by atoms with Crippen LogP contribution in [0.15, 0.2) is 59.3 Å². The van der Waals surface area contributed by atoms with Crippen molar-refractivity contribution in [3.05, 3.63) is 81.3 Å². The number of halogens is 1. The molecular weight excluding hydrogens is 360 g/mol. The number of amides is 1. The summed E-state index contributed by atoms with van der Waals surface area (Å²) in [4.78, 5) is 21.8. The first-order chi connectivity index (χ1) is 12.5. The van der Waals surface area contributed by atoms with Crippen LogP contribution in [0.3, 0.4) is 0 Å². The van der Waals surface area contributed by atoms with E-state index in [-0.39, 0.29) is 11.6 Å². The van der Waals surface area contributed by atoms with Crippen molar-refractivity contribution in [2.24, 2.45) is 0 Å². The van der Waals surface area contributed by atoms with Gasteiger partial charge in [0.05, 0.1) is 24.5 Å². The first-order valence-corrected chi connectivity index (χ1v) is 7.87. The molecule has 9 heteroatoms. The highest BCUT2D eigenvalue weighted by Crippen LogP contribution is 2.17. The zero-order valence-corrected chi connectivity index (χ0v) is 14.1. The highest BCUT2D eigenvalue weighted by atomic mass is 35.5. The van der Waals surface area contributed by atoms with E-state index in [9.17, 15) is 14.9 Å². The van der Waals surface area contributed by atoms with Crippen LogP contribution in [0.5, 0.6) is 0 Å². The molecule has 0 radical (unpaired) electrons. The molecule has 0 saturated heterocycles. The van der Waals surface area contributed by atoms with Gasteiger partial charge in [0, 0.05) is 17.3 Å². The minimum atomic E-state index is -0.646. The predicted molar refractivity (Wildman–Crippen MR) is 95.8 cm³/mol. The SMILES string of the molecule is O=C(/C=C/c1ccc([N+](=O)[O-])o1)Nc1cnn(Cc2ccc(Cl)cc2)c1. The van der Waals surface area contributed by atoms with Crippen LogP contribution < -0.4 is 5.32 Å². The molecule has 132 valence electrons. The van der Waals surface area contributed by atoms with Crippen molar-refractivity contribution in [1.29, 1.82) is 0 Å². The molecule has 8 nitrogen and oxygen atoms in total. The Balaban J connectivity index is 1.57. The summed E-state index contributed by atoms with van der Waals surface area (Å²) in [5, 5.41) is 18.0. The van der Waals surface area contributed by atoms with Gasteiger partial charge in [0.2, 0.25) is 5.91 Å². The van der Waals surface area contributed by atoms with Gasteiger partial charge >= 0.3 is 5.88 Å². The summed E-state index contributed by atoms with van der Waals surface area (Å²) in [5.74, 6) is -0.575. The largest absolute Gasteiger partial charge is 0.433 e. The van der Waals surface area contributed by atoms with Crippen LogP contribution in [0.4, 0.5) is 11.6 Å². The zero-order valence-electron chi connectivity index (χ0n) is 13.3. The summed E-state index contributed by atoms with van der Waals surface area (Å²) in [6.07, 6.45) is 5.79. The molecule has 0 saturated carbocycles. The van der Waals surface area contributed by atoms with E-state index in [0.717, 1.165) is 5.56 Å². The number of hydrogen-bond acceptors (Lipinski definition) is 5. The van der Waals surface area contributed by atoms with Gasteiger partial charge in [0.15, 0.2) is 0 Å². The van der Waals surface area contributed by atoms with E-state index >= 15 is 0 Å². The van der Waals surface area contributed by atoms with Crippen molar-refractivity contribution in [2.45, 2.75) is 6.54 Å². The van der Waals surface area contributed by atoms with Gasteiger partial charge < -0.3 is 9.73 Å². The Morgan fingerprint density at radius 3 is 2.77 bits per heavy atom. The molecule has 0 unspecified atom stereocenters. The van der Waals surface area contributed by atoms with Crippen molar-refractivity contribution in [3.8, 4) is 0 Å². The molecule has 0 spiro atoms. The van der Waals surface area contributed by atoms with Crippen LogP contribution in [0.2, 0.25) is 5.02 Å². The van der Waals surface area contributed by atoms with E-state index in [1.54, 1.807) is 23.0 Å². The lowest BCUT2D eigenvalue weighted by Crippen LogP contribution is -2.07. The molecule has 26 heavy (non-hydrogen) atoms. The molecule has 0 bridgehead atoms. The van der Waals surface area contributed by atoms with E-state index in [2.05, 4.69) is 10.4 Å². The van der Waals surface area contributed by atoms with Gasteiger partial charge in [-0.05, 0) is 29.8 Å². The minimum Gasteiger partial charge on any atom is -0.401 e. The van der Waals surface area contributed by atoms with Crippen LogP contribution in [0, 0.1) is 10.1 Å². The fourth-order valence-corrected chi connectivity index (χ4v) is 2.29. The number of carbonyl (C=O) groups is 1. The van der Waals surface area contributed by atoms with Crippen LogP contribution in [0.25, 0.3) is 6.08 Å². The Hall–Kier alpha value is -3.39. The summed E-state index contributed by atoms with van der Waals surface area (Å²) in [6.45, 7) is 0.541. The topological polar surface area (TPSA) is 103 Å². The van der Waals surface area contributed by atoms with Crippen LogP contribution >= 0.6 is 11.6 Å².